The molecule has 1 aliphatic rings. The van der Waals surface area contributed by atoms with Crippen LogP contribution in [-0.4, -0.2) is 33.0 Å². The quantitative estimate of drug-likeness (QED) is 0.342. The van der Waals surface area contributed by atoms with Gasteiger partial charge < -0.3 is 9.47 Å². The Labute approximate surface area is 79.7 Å². The van der Waals surface area contributed by atoms with Gasteiger partial charge in [-0.1, -0.05) is 6.42 Å². The van der Waals surface area contributed by atoms with Crippen molar-refractivity contribution >= 4 is 0 Å². The minimum Gasteiger partial charge on any atom is -0.382 e. The zero-order valence-corrected chi connectivity index (χ0v) is 8.29. The Hall–Kier alpha value is -0.160. The molecule has 0 spiro atoms. The number of ether oxygens (including phenoxy) is 2. The van der Waals surface area contributed by atoms with E-state index < -0.39 is 0 Å². The molecular weight excluding hydrogens is 168 g/mol. The summed E-state index contributed by atoms with van der Waals surface area (Å²) >= 11 is 0. The van der Waals surface area contributed by atoms with Gasteiger partial charge in [0, 0.05) is 13.2 Å². The average molecular weight is 188 g/mol. The Balaban J connectivity index is 2.02. The topological polar surface area (TPSA) is 56.5 Å². The van der Waals surface area contributed by atoms with Gasteiger partial charge in [0.25, 0.3) is 0 Å². The standard InChI is InChI=1S/C9H20N2O2/c1-12-5-6-13-7-9(11-10)8-3-2-4-8/h8-9,11H,2-7,10H2,1H3. The van der Waals surface area contributed by atoms with Crippen LogP contribution in [0.25, 0.3) is 0 Å². The van der Waals surface area contributed by atoms with Crippen LogP contribution < -0.4 is 11.3 Å². The lowest BCUT2D eigenvalue weighted by molar-refractivity contribution is 0.0396. The molecule has 1 atom stereocenters. The molecule has 0 aliphatic heterocycles. The van der Waals surface area contributed by atoms with E-state index in [9.17, 15) is 0 Å². The van der Waals surface area contributed by atoms with Gasteiger partial charge in [0.1, 0.15) is 0 Å². The maximum absolute atomic E-state index is 5.44. The van der Waals surface area contributed by atoms with Crippen molar-refractivity contribution in [2.45, 2.75) is 25.3 Å². The second-order valence-corrected chi connectivity index (χ2v) is 3.53. The van der Waals surface area contributed by atoms with Crippen LogP contribution in [0.2, 0.25) is 0 Å². The molecule has 0 aromatic carbocycles. The van der Waals surface area contributed by atoms with Gasteiger partial charge in [0.2, 0.25) is 0 Å². The van der Waals surface area contributed by atoms with Crippen LogP contribution in [-0.2, 0) is 9.47 Å². The van der Waals surface area contributed by atoms with Crippen molar-refractivity contribution in [1.29, 1.82) is 0 Å². The highest BCUT2D eigenvalue weighted by molar-refractivity contribution is 4.80. The third-order valence-corrected chi connectivity index (χ3v) is 2.66. The molecule has 0 amide bonds. The monoisotopic (exact) mass is 188 g/mol. The molecule has 4 nitrogen and oxygen atoms in total. The highest BCUT2D eigenvalue weighted by Gasteiger charge is 2.26. The molecule has 0 aromatic rings. The molecule has 1 rings (SSSR count). The SMILES string of the molecule is COCCOCC(NN)C1CCC1. The second-order valence-electron chi connectivity index (χ2n) is 3.53. The van der Waals surface area contributed by atoms with Crippen molar-refractivity contribution in [1.82, 2.24) is 5.43 Å². The van der Waals surface area contributed by atoms with Crippen LogP contribution in [0.4, 0.5) is 0 Å². The third-order valence-electron chi connectivity index (χ3n) is 2.66. The third kappa shape index (κ3) is 3.60. The molecule has 1 unspecified atom stereocenters. The summed E-state index contributed by atoms with van der Waals surface area (Å²) in [6.07, 6.45) is 3.89. The van der Waals surface area contributed by atoms with Gasteiger partial charge in [-0.2, -0.15) is 0 Å². The largest absolute Gasteiger partial charge is 0.382 e. The van der Waals surface area contributed by atoms with E-state index in [0.717, 1.165) is 0 Å². The minimum absolute atomic E-state index is 0.325. The fraction of sp³-hybridized carbons (Fsp3) is 1.00. The summed E-state index contributed by atoms with van der Waals surface area (Å²) in [4.78, 5) is 0. The van der Waals surface area contributed by atoms with Crippen LogP contribution in [0.15, 0.2) is 0 Å². The molecule has 13 heavy (non-hydrogen) atoms. The average Bonchev–Trinajstić information content (AvgIpc) is 2.07. The second kappa shape index (κ2) is 6.32. The van der Waals surface area contributed by atoms with E-state index in [1.54, 1.807) is 7.11 Å². The van der Waals surface area contributed by atoms with E-state index >= 15 is 0 Å². The number of nitrogens with one attached hydrogen (secondary N) is 1. The van der Waals surface area contributed by atoms with Gasteiger partial charge in [-0.15, -0.1) is 0 Å². The molecule has 4 heteroatoms. The van der Waals surface area contributed by atoms with Gasteiger partial charge in [0.05, 0.1) is 19.8 Å². The molecule has 3 N–H and O–H groups in total. The highest BCUT2D eigenvalue weighted by Crippen LogP contribution is 2.29. The Morgan fingerprint density at radius 1 is 1.46 bits per heavy atom. The first-order valence-corrected chi connectivity index (χ1v) is 4.91. The summed E-state index contributed by atoms with van der Waals surface area (Å²) in [5.41, 5.74) is 2.82. The Morgan fingerprint density at radius 2 is 2.23 bits per heavy atom. The fourth-order valence-electron chi connectivity index (χ4n) is 1.52. The molecule has 78 valence electrons. The number of hydrogen-bond donors (Lipinski definition) is 2. The lowest BCUT2D eigenvalue weighted by Crippen LogP contribution is -2.46. The van der Waals surface area contributed by atoms with Crippen molar-refractivity contribution in [3.8, 4) is 0 Å². The van der Waals surface area contributed by atoms with Gasteiger partial charge in [-0.25, -0.2) is 0 Å². The molecular formula is C9H20N2O2. The smallest absolute Gasteiger partial charge is 0.0701 e. The predicted octanol–water partition coefficient (Wildman–Crippen LogP) is 0.281. The Bertz CT molecular complexity index is 129. The molecule has 0 bridgehead atoms. The van der Waals surface area contributed by atoms with Crippen molar-refractivity contribution in [2.24, 2.45) is 11.8 Å². The van der Waals surface area contributed by atoms with Crippen LogP contribution in [0.3, 0.4) is 0 Å². The first-order chi connectivity index (χ1) is 6.38. The number of rotatable bonds is 7. The van der Waals surface area contributed by atoms with Crippen LogP contribution >= 0.6 is 0 Å². The first kappa shape index (κ1) is 10.9. The predicted molar refractivity (Wildman–Crippen MR) is 51.1 cm³/mol. The molecule has 1 saturated carbocycles. The van der Waals surface area contributed by atoms with Crippen molar-refractivity contribution < 1.29 is 9.47 Å². The number of nitrogens with two attached hydrogens (primary N) is 1. The van der Waals surface area contributed by atoms with Crippen molar-refractivity contribution in [3.05, 3.63) is 0 Å². The number of hydrogen-bond acceptors (Lipinski definition) is 4. The van der Waals surface area contributed by atoms with E-state index in [-0.39, 0.29) is 0 Å². The van der Waals surface area contributed by atoms with Gasteiger partial charge in [-0.3, -0.25) is 11.3 Å². The van der Waals surface area contributed by atoms with E-state index in [1.807, 2.05) is 0 Å². The zero-order chi connectivity index (χ0) is 9.52. The Morgan fingerprint density at radius 3 is 2.69 bits per heavy atom. The fourth-order valence-corrected chi connectivity index (χ4v) is 1.52. The lowest BCUT2D eigenvalue weighted by atomic mass is 9.80. The summed E-state index contributed by atoms with van der Waals surface area (Å²) in [6.45, 7) is 2.01. The van der Waals surface area contributed by atoms with Crippen molar-refractivity contribution in [3.63, 3.8) is 0 Å². The van der Waals surface area contributed by atoms with Gasteiger partial charge >= 0.3 is 0 Å². The maximum atomic E-state index is 5.44. The van der Waals surface area contributed by atoms with Crippen LogP contribution in [0.5, 0.6) is 0 Å². The zero-order valence-electron chi connectivity index (χ0n) is 8.29. The van der Waals surface area contributed by atoms with Gasteiger partial charge in [-0.05, 0) is 18.8 Å². The molecule has 0 radical (unpaired) electrons. The van der Waals surface area contributed by atoms with Crippen LogP contribution in [0, 0.1) is 5.92 Å². The molecule has 0 saturated heterocycles. The maximum Gasteiger partial charge on any atom is 0.0701 e. The lowest BCUT2D eigenvalue weighted by Gasteiger charge is -2.32. The summed E-state index contributed by atoms with van der Waals surface area (Å²) in [6, 6.07) is 0.325. The Kier molecular flexibility index (Phi) is 5.31. The summed E-state index contributed by atoms with van der Waals surface area (Å²) in [7, 11) is 1.67. The molecule has 1 aliphatic carbocycles. The molecule has 1 fully saturated rings. The molecule has 0 heterocycles. The minimum atomic E-state index is 0.325. The number of methoxy groups -OCH3 is 1. The van der Waals surface area contributed by atoms with Gasteiger partial charge in [0.15, 0.2) is 0 Å². The van der Waals surface area contributed by atoms with E-state index in [0.29, 0.717) is 31.8 Å². The van der Waals surface area contributed by atoms with E-state index in [1.165, 1.54) is 19.3 Å². The normalized spacial score (nSPS) is 19.8. The summed E-state index contributed by atoms with van der Waals surface area (Å²) in [5, 5.41) is 0. The summed E-state index contributed by atoms with van der Waals surface area (Å²) < 4.78 is 10.3. The summed E-state index contributed by atoms with van der Waals surface area (Å²) in [5.74, 6) is 6.15. The van der Waals surface area contributed by atoms with Crippen LogP contribution in [0.1, 0.15) is 19.3 Å². The molecule has 0 aromatic heterocycles. The van der Waals surface area contributed by atoms with Crippen molar-refractivity contribution in [2.75, 3.05) is 26.9 Å². The first-order valence-electron chi connectivity index (χ1n) is 4.91. The highest BCUT2D eigenvalue weighted by atomic mass is 16.5. The number of hydrazine groups is 1. The van der Waals surface area contributed by atoms with E-state index in [4.69, 9.17) is 15.3 Å². The van der Waals surface area contributed by atoms with E-state index in [2.05, 4.69) is 5.43 Å².